The summed E-state index contributed by atoms with van der Waals surface area (Å²) in [5.74, 6) is -0.902. The molecule has 7 heteroatoms. The van der Waals surface area contributed by atoms with Gasteiger partial charge in [-0.15, -0.1) is 0 Å². The fourth-order valence-electron chi connectivity index (χ4n) is 6.99. The standard InChI is InChI=1S/C34H28N2O5/c1-19-9-11-20(12-10-19)29(37)18-41-34(40)26-17-28(35-27-8-3-2-7-25(26)27)21-5-4-6-24(16-21)36-32(38)30-22-13-14-23(15-22)31(30)33(36)39/h2-12,16-17,22-23,30-31H,13-15,18H2,1H3/t22-,23-,30-,31+/m0/s1. The van der Waals surface area contributed by atoms with Crippen molar-refractivity contribution in [1.29, 1.82) is 0 Å². The van der Waals surface area contributed by atoms with Crippen LogP contribution in [-0.4, -0.2) is 35.2 Å². The second-order valence-electron chi connectivity index (χ2n) is 11.4. The minimum atomic E-state index is -0.630. The van der Waals surface area contributed by atoms with Crippen molar-refractivity contribution in [1.82, 2.24) is 4.98 Å². The summed E-state index contributed by atoms with van der Waals surface area (Å²) < 4.78 is 5.46. The molecule has 2 bridgehead atoms. The van der Waals surface area contributed by atoms with Gasteiger partial charge in [0, 0.05) is 16.5 Å². The molecule has 0 radical (unpaired) electrons. The van der Waals surface area contributed by atoms with Gasteiger partial charge in [0.2, 0.25) is 11.8 Å². The van der Waals surface area contributed by atoms with Crippen molar-refractivity contribution >= 4 is 40.2 Å². The number of esters is 1. The highest BCUT2D eigenvalue weighted by Crippen LogP contribution is 2.56. The molecule has 3 fully saturated rings. The number of rotatable bonds is 6. The van der Waals surface area contributed by atoms with Crippen molar-refractivity contribution in [3.05, 3.63) is 95.6 Å². The van der Waals surface area contributed by atoms with Gasteiger partial charge in [-0.1, -0.05) is 60.2 Å². The first-order chi connectivity index (χ1) is 19.9. The van der Waals surface area contributed by atoms with Crippen molar-refractivity contribution in [2.45, 2.75) is 26.2 Å². The number of ether oxygens (including phenoxy) is 1. The Balaban J connectivity index is 1.19. The molecule has 3 aliphatic rings. The number of amides is 2. The fourth-order valence-corrected chi connectivity index (χ4v) is 6.99. The Hall–Kier alpha value is -4.65. The van der Waals surface area contributed by atoms with Crippen LogP contribution >= 0.6 is 0 Å². The van der Waals surface area contributed by atoms with E-state index in [0.717, 1.165) is 24.8 Å². The van der Waals surface area contributed by atoms with Gasteiger partial charge < -0.3 is 4.74 Å². The van der Waals surface area contributed by atoms with E-state index < -0.39 is 5.97 Å². The number of Topliss-reactive ketones (excluding diaryl/α,β-unsaturated/α-hetero) is 1. The molecule has 2 aliphatic carbocycles. The molecule has 0 N–H and O–H groups in total. The summed E-state index contributed by atoms with van der Waals surface area (Å²) >= 11 is 0. The molecular weight excluding hydrogens is 516 g/mol. The van der Waals surface area contributed by atoms with Crippen LogP contribution in [0.5, 0.6) is 0 Å². The maximum atomic E-state index is 13.4. The van der Waals surface area contributed by atoms with Gasteiger partial charge in [-0.2, -0.15) is 0 Å². The van der Waals surface area contributed by atoms with Gasteiger partial charge in [0.05, 0.1) is 34.3 Å². The normalized spacial score (nSPS) is 22.8. The van der Waals surface area contributed by atoms with Gasteiger partial charge in [-0.25, -0.2) is 9.78 Å². The third kappa shape index (κ3) is 4.24. The lowest BCUT2D eigenvalue weighted by atomic mass is 9.81. The van der Waals surface area contributed by atoms with Crippen LogP contribution in [0.3, 0.4) is 0 Å². The first-order valence-electron chi connectivity index (χ1n) is 14.0. The molecule has 4 atom stereocenters. The van der Waals surface area contributed by atoms with E-state index >= 15 is 0 Å². The molecule has 1 saturated heterocycles. The molecule has 0 spiro atoms. The number of para-hydroxylation sites is 1. The number of aromatic nitrogens is 1. The second-order valence-corrected chi connectivity index (χ2v) is 11.4. The van der Waals surface area contributed by atoms with Crippen LogP contribution < -0.4 is 4.90 Å². The topological polar surface area (TPSA) is 93.6 Å². The molecule has 3 aromatic carbocycles. The number of nitrogens with zero attached hydrogens (tertiary/aromatic N) is 2. The Morgan fingerprint density at radius 2 is 1.59 bits per heavy atom. The number of anilines is 1. The van der Waals surface area contributed by atoms with Gasteiger partial charge in [-0.3, -0.25) is 19.3 Å². The quantitative estimate of drug-likeness (QED) is 0.173. The Labute approximate surface area is 237 Å². The van der Waals surface area contributed by atoms with Crippen LogP contribution in [0.15, 0.2) is 78.9 Å². The molecule has 1 aromatic heterocycles. The fraction of sp³-hybridized carbons (Fsp3) is 0.265. The zero-order valence-electron chi connectivity index (χ0n) is 22.6. The van der Waals surface area contributed by atoms with Crippen LogP contribution in [0.2, 0.25) is 0 Å². The lowest BCUT2D eigenvalue weighted by Gasteiger charge is -2.19. The SMILES string of the molecule is Cc1ccc(C(=O)COC(=O)c2cc(-c3cccc(N4C(=O)[C@@H]5[C@H]6CC[C@@H](C6)[C@@H]5C4=O)c3)nc3ccccc23)cc1. The number of benzene rings is 3. The van der Waals surface area contributed by atoms with E-state index in [1.54, 1.807) is 48.5 Å². The van der Waals surface area contributed by atoms with E-state index in [1.165, 1.54) is 4.90 Å². The first kappa shape index (κ1) is 25.3. The van der Waals surface area contributed by atoms with Crippen molar-refractivity contribution in [2.75, 3.05) is 11.5 Å². The average Bonchev–Trinajstić information content (AvgIpc) is 3.69. The predicted molar refractivity (Wildman–Crippen MR) is 153 cm³/mol. The number of fused-ring (bicyclic) bond motifs is 6. The molecule has 4 aromatic rings. The number of hydrogen-bond acceptors (Lipinski definition) is 6. The number of imide groups is 1. The van der Waals surface area contributed by atoms with Crippen molar-refractivity contribution in [2.24, 2.45) is 23.7 Å². The summed E-state index contributed by atoms with van der Waals surface area (Å²) in [5.41, 5.74) is 4.07. The third-order valence-corrected chi connectivity index (χ3v) is 8.97. The summed E-state index contributed by atoms with van der Waals surface area (Å²) in [6.07, 6.45) is 3.03. The van der Waals surface area contributed by atoms with Crippen LogP contribution in [0.25, 0.3) is 22.2 Å². The monoisotopic (exact) mass is 544 g/mol. The maximum Gasteiger partial charge on any atom is 0.339 e. The maximum absolute atomic E-state index is 13.4. The summed E-state index contributed by atoms with van der Waals surface area (Å²) in [7, 11) is 0. The highest BCUT2D eigenvalue weighted by molar-refractivity contribution is 6.22. The van der Waals surface area contributed by atoms with Gasteiger partial charge in [0.15, 0.2) is 12.4 Å². The minimum absolute atomic E-state index is 0.0988. The number of aryl methyl sites for hydroxylation is 1. The van der Waals surface area contributed by atoms with Crippen molar-refractivity contribution in [3.63, 3.8) is 0 Å². The van der Waals surface area contributed by atoms with Crippen LogP contribution in [0.1, 0.15) is 45.5 Å². The zero-order valence-corrected chi connectivity index (χ0v) is 22.6. The Morgan fingerprint density at radius 1 is 0.878 bits per heavy atom. The highest BCUT2D eigenvalue weighted by atomic mass is 16.5. The summed E-state index contributed by atoms with van der Waals surface area (Å²) in [4.78, 5) is 58.8. The highest BCUT2D eigenvalue weighted by Gasteiger charge is 2.61. The largest absolute Gasteiger partial charge is 0.454 e. The van der Waals surface area contributed by atoms with Gasteiger partial charge in [-0.05, 0) is 62.3 Å². The first-order valence-corrected chi connectivity index (χ1v) is 14.0. The van der Waals surface area contributed by atoms with Gasteiger partial charge >= 0.3 is 5.97 Å². The summed E-state index contributed by atoms with van der Waals surface area (Å²) in [6.45, 7) is 1.55. The molecule has 1 aliphatic heterocycles. The van der Waals surface area contributed by atoms with E-state index in [-0.39, 0.29) is 41.6 Å². The zero-order chi connectivity index (χ0) is 28.2. The summed E-state index contributed by atoms with van der Waals surface area (Å²) in [6, 6.07) is 23.2. The summed E-state index contributed by atoms with van der Waals surface area (Å²) in [5, 5.41) is 0.605. The molecule has 204 valence electrons. The molecular formula is C34H28N2O5. The number of ketones is 1. The second kappa shape index (κ2) is 9.77. The molecule has 7 nitrogen and oxygen atoms in total. The number of carbonyl (C=O) groups is 4. The van der Waals surface area contributed by atoms with Crippen LogP contribution in [-0.2, 0) is 14.3 Å². The van der Waals surface area contributed by atoms with Crippen LogP contribution in [0.4, 0.5) is 5.69 Å². The number of hydrogen-bond donors (Lipinski definition) is 0. The Bertz CT molecular complexity index is 1720. The van der Waals surface area contributed by atoms with Crippen molar-refractivity contribution in [3.8, 4) is 11.3 Å². The van der Waals surface area contributed by atoms with Gasteiger partial charge in [0.25, 0.3) is 0 Å². The van der Waals surface area contributed by atoms with E-state index in [2.05, 4.69) is 0 Å². The predicted octanol–water partition coefficient (Wildman–Crippen LogP) is 5.79. The lowest BCUT2D eigenvalue weighted by Crippen LogP contribution is -2.32. The number of pyridine rings is 1. The van der Waals surface area contributed by atoms with Crippen LogP contribution in [0, 0.1) is 30.6 Å². The molecule has 7 rings (SSSR count). The molecule has 2 heterocycles. The number of carbonyl (C=O) groups excluding carboxylic acids is 4. The Kier molecular flexibility index (Phi) is 6.03. The van der Waals surface area contributed by atoms with E-state index in [1.807, 2.05) is 37.3 Å². The Morgan fingerprint density at radius 3 is 2.32 bits per heavy atom. The van der Waals surface area contributed by atoms with Crippen molar-refractivity contribution < 1.29 is 23.9 Å². The minimum Gasteiger partial charge on any atom is -0.454 e. The molecule has 2 saturated carbocycles. The van der Waals surface area contributed by atoms with E-state index in [9.17, 15) is 19.2 Å². The lowest BCUT2D eigenvalue weighted by molar-refractivity contribution is -0.123. The molecule has 41 heavy (non-hydrogen) atoms. The third-order valence-electron chi connectivity index (χ3n) is 8.97. The average molecular weight is 545 g/mol. The molecule has 2 amide bonds. The van der Waals surface area contributed by atoms with Gasteiger partial charge in [0.1, 0.15) is 0 Å². The van der Waals surface area contributed by atoms with E-state index in [4.69, 9.17) is 9.72 Å². The van der Waals surface area contributed by atoms with E-state index in [0.29, 0.717) is 45.2 Å². The molecule has 0 unspecified atom stereocenters. The smallest absolute Gasteiger partial charge is 0.339 e.